The SMILES string of the molecule is NCCCCCCNC(=O)c1cccc(OC(F)F)c1. The Morgan fingerprint density at radius 1 is 1.25 bits per heavy atom. The van der Waals surface area contributed by atoms with E-state index in [4.69, 9.17) is 5.73 Å². The quantitative estimate of drug-likeness (QED) is 0.686. The lowest BCUT2D eigenvalue weighted by Crippen LogP contribution is -2.24. The first-order valence-corrected chi connectivity index (χ1v) is 6.66. The highest BCUT2D eigenvalue weighted by Gasteiger charge is 2.08. The molecule has 0 aromatic heterocycles. The summed E-state index contributed by atoms with van der Waals surface area (Å²) in [5.41, 5.74) is 5.69. The molecular formula is C14H20F2N2O2. The molecule has 0 radical (unpaired) electrons. The molecule has 4 nitrogen and oxygen atoms in total. The van der Waals surface area contributed by atoms with Crippen LogP contribution in [0.1, 0.15) is 36.0 Å². The molecule has 0 heterocycles. The summed E-state index contributed by atoms with van der Waals surface area (Å²) in [4.78, 5) is 11.8. The lowest BCUT2D eigenvalue weighted by molar-refractivity contribution is -0.0498. The molecule has 0 spiro atoms. The summed E-state index contributed by atoms with van der Waals surface area (Å²) in [6.07, 6.45) is 3.91. The number of carbonyl (C=O) groups excluding carboxylic acids is 1. The van der Waals surface area contributed by atoms with Crippen molar-refractivity contribution in [3.63, 3.8) is 0 Å². The fourth-order valence-electron chi connectivity index (χ4n) is 1.74. The number of rotatable bonds is 9. The van der Waals surface area contributed by atoms with Gasteiger partial charge in [0.1, 0.15) is 5.75 Å². The second-order valence-electron chi connectivity index (χ2n) is 4.37. The Balaban J connectivity index is 2.35. The fraction of sp³-hybridized carbons (Fsp3) is 0.500. The van der Waals surface area contributed by atoms with Crippen LogP contribution in [0.3, 0.4) is 0 Å². The lowest BCUT2D eigenvalue weighted by atomic mass is 10.1. The van der Waals surface area contributed by atoms with Crippen molar-refractivity contribution < 1.29 is 18.3 Å². The predicted octanol–water partition coefficient (Wildman–Crippen LogP) is 2.54. The molecule has 0 atom stereocenters. The summed E-state index contributed by atoms with van der Waals surface area (Å²) >= 11 is 0. The van der Waals surface area contributed by atoms with Gasteiger partial charge in [0.2, 0.25) is 0 Å². The minimum Gasteiger partial charge on any atom is -0.435 e. The van der Waals surface area contributed by atoms with E-state index in [9.17, 15) is 13.6 Å². The van der Waals surface area contributed by atoms with Gasteiger partial charge in [-0.25, -0.2) is 0 Å². The number of hydrogen-bond acceptors (Lipinski definition) is 3. The maximum atomic E-state index is 12.1. The van der Waals surface area contributed by atoms with Crippen molar-refractivity contribution in [2.75, 3.05) is 13.1 Å². The lowest BCUT2D eigenvalue weighted by Gasteiger charge is -2.08. The monoisotopic (exact) mass is 286 g/mol. The van der Waals surface area contributed by atoms with Gasteiger partial charge in [-0.15, -0.1) is 0 Å². The smallest absolute Gasteiger partial charge is 0.387 e. The van der Waals surface area contributed by atoms with Crippen LogP contribution in [0.5, 0.6) is 5.75 Å². The van der Waals surface area contributed by atoms with E-state index in [1.54, 1.807) is 6.07 Å². The Morgan fingerprint density at radius 2 is 2.00 bits per heavy atom. The van der Waals surface area contributed by atoms with Crippen molar-refractivity contribution >= 4 is 5.91 Å². The molecule has 0 aliphatic rings. The minimum atomic E-state index is -2.89. The molecule has 0 bridgehead atoms. The van der Waals surface area contributed by atoms with Crippen LogP contribution in [0.25, 0.3) is 0 Å². The van der Waals surface area contributed by atoms with Crippen LogP contribution in [-0.4, -0.2) is 25.6 Å². The third-order valence-electron chi connectivity index (χ3n) is 2.74. The molecule has 1 aromatic carbocycles. The van der Waals surface area contributed by atoms with Crippen molar-refractivity contribution in [1.29, 1.82) is 0 Å². The van der Waals surface area contributed by atoms with Crippen molar-refractivity contribution in [3.8, 4) is 5.75 Å². The van der Waals surface area contributed by atoms with E-state index < -0.39 is 6.61 Å². The first-order chi connectivity index (χ1) is 9.63. The van der Waals surface area contributed by atoms with Gasteiger partial charge < -0.3 is 15.8 Å². The molecule has 6 heteroatoms. The average Bonchev–Trinajstić information content (AvgIpc) is 2.42. The van der Waals surface area contributed by atoms with Crippen LogP contribution >= 0.6 is 0 Å². The molecular weight excluding hydrogens is 266 g/mol. The molecule has 0 unspecified atom stereocenters. The second kappa shape index (κ2) is 9.25. The molecule has 0 fully saturated rings. The highest BCUT2D eigenvalue weighted by molar-refractivity contribution is 5.94. The number of ether oxygens (including phenoxy) is 1. The number of alkyl halides is 2. The highest BCUT2D eigenvalue weighted by Crippen LogP contribution is 2.15. The Bertz CT molecular complexity index is 414. The van der Waals surface area contributed by atoms with Gasteiger partial charge in [0, 0.05) is 12.1 Å². The average molecular weight is 286 g/mol. The van der Waals surface area contributed by atoms with Gasteiger partial charge in [0.15, 0.2) is 0 Å². The number of carbonyl (C=O) groups is 1. The highest BCUT2D eigenvalue weighted by atomic mass is 19.3. The van der Waals surface area contributed by atoms with Crippen LogP contribution in [0.2, 0.25) is 0 Å². The van der Waals surface area contributed by atoms with E-state index in [1.807, 2.05) is 0 Å². The van der Waals surface area contributed by atoms with Crippen LogP contribution in [0, 0.1) is 0 Å². The topological polar surface area (TPSA) is 64.3 Å². The van der Waals surface area contributed by atoms with E-state index in [2.05, 4.69) is 10.1 Å². The molecule has 0 aliphatic carbocycles. The number of amides is 1. The Hall–Kier alpha value is -1.69. The standard InChI is InChI=1S/C14H20F2N2O2/c15-14(16)20-12-7-5-6-11(10-12)13(19)18-9-4-2-1-3-8-17/h5-7,10,14H,1-4,8-9,17H2,(H,18,19). The zero-order valence-corrected chi connectivity index (χ0v) is 11.3. The molecule has 1 rings (SSSR count). The van der Waals surface area contributed by atoms with E-state index in [-0.39, 0.29) is 11.7 Å². The van der Waals surface area contributed by atoms with E-state index in [0.29, 0.717) is 18.7 Å². The van der Waals surface area contributed by atoms with Crippen LogP contribution < -0.4 is 15.8 Å². The van der Waals surface area contributed by atoms with Gasteiger partial charge in [-0.2, -0.15) is 8.78 Å². The summed E-state index contributed by atoms with van der Waals surface area (Å²) < 4.78 is 28.4. The van der Waals surface area contributed by atoms with Crippen LogP contribution in [0.4, 0.5) is 8.78 Å². The summed E-state index contributed by atoms with van der Waals surface area (Å²) in [5.74, 6) is -0.306. The maximum absolute atomic E-state index is 12.1. The number of hydrogen-bond donors (Lipinski definition) is 2. The Kier molecular flexibility index (Phi) is 7.57. The molecule has 1 amide bonds. The Labute approximate surface area is 117 Å². The summed E-state index contributed by atoms with van der Waals surface area (Å²) in [5, 5.41) is 2.74. The van der Waals surface area contributed by atoms with Crippen molar-refractivity contribution in [2.24, 2.45) is 5.73 Å². The first kappa shape index (κ1) is 16.4. The number of halogens is 2. The van der Waals surface area contributed by atoms with Gasteiger partial charge in [0.05, 0.1) is 0 Å². The number of benzene rings is 1. The first-order valence-electron chi connectivity index (χ1n) is 6.66. The molecule has 0 aliphatic heterocycles. The zero-order valence-electron chi connectivity index (χ0n) is 11.3. The zero-order chi connectivity index (χ0) is 14.8. The number of nitrogens with one attached hydrogen (secondary N) is 1. The van der Waals surface area contributed by atoms with Gasteiger partial charge >= 0.3 is 6.61 Å². The summed E-state index contributed by atoms with van der Waals surface area (Å²) in [6, 6.07) is 5.75. The Morgan fingerprint density at radius 3 is 2.70 bits per heavy atom. The van der Waals surface area contributed by atoms with Crippen LogP contribution in [0.15, 0.2) is 24.3 Å². The summed E-state index contributed by atoms with van der Waals surface area (Å²) in [7, 11) is 0. The van der Waals surface area contributed by atoms with Gasteiger partial charge in [0.25, 0.3) is 5.91 Å². The van der Waals surface area contributed by atoms with Gasteiger partial charge in [-0.1, -0.05) is 18.9 Å². The molecule has 20 heavy (non-hydrogen) atoms. The minimum absolute atomic E-state index is 0.0180. The van der Waals surface area contributed by atoms with Crippen molar-refractivity contribution in [2.45, 2.75) is 32.3 Å². The largest absolute Gasteiger partial charge is 0.435 e. The summed E-state index contributed by atoms with van der Waals surface area (Å²) in [6.45, 7) is -1.65. The molecule has 1 aromatic rings. The molecule has 0 saturated heterocycles. The normalized spacial score (nSPS) is 10.6. The van der Waals surface area contributed by atoms with Crippen LogP contribution in [-0.2, 0) is 0 Å². The van der Waals surface area contributed by atoms with Gasteiger partial charge in [-0.3, -0.25) is 4.79 Å². The number of unbranched alkanes of at least 4 members (excludes halogenated alkanes) is 3. The maximum Gasteiger partial charge on any atom is 0.387 e. The van der Waals surface area contributed by atoms with E-state index in [0.717, 1.165) is 25.7 Å². The number of nitrogens with two attached hydrogens (primary N) is 1. The van der Waals surface area contributed by atoms with E-state index in [1.165, 1.54) is 18.2 Å². The van der Waals surface area contributed by atoms with Crippen molar-refractivity contribution in [3.05, 3.63) is 29.8 Å². The molecule has 0 saturated carbocycles. The van der Waals surface area contributed by atoms with E-state index >= 15 is 0 Å². The molecule has 112 valence electrons. The molecule has 3 N–H and O–H groups in total. The third kappa shape index (κ3) is 6.47. The predicted molar refractivity (Wildman–Crippen MR) is 72.9 cm³/mol. The second-order valence-corrected chi connectivity index (χ2v) is 4.37. The van der Waals surface area contributed by atoms with Gasteiger partial charge in [-0.05, 0) is 37.6 Å². The third-order valence-corrected chi connectivity index (χ3v) is 2.74. The fourth-order valence-corrected chi connectivity index (χ4v) is 1.74. The van der Waals surface area contributed by atoms with Crippen molar-refractivity contribution in [1.82, 2.24) is 5.32 Å².